The summed E-state index contributed by atoms with van der Waals surface area (Å²) in [5, 5.41) is 2.97. The topological polar surface area (TPSA) is 74.5 Å². The Morgan fingerprint density at radius 3 is 2.70 bits per heavy atom. The lowest BCUT2D eigenvalue weighted by molar-refractivity contribution is -0.121. The molecule has 0 radical (unpaired) electrons. The highest BCUT2D eigenvalue weighted by molar-refractivity contribution is 5.78. The van der Waals surface area contributed by atoms with Gasteiger partial charge in [0.05, 0.1) is 17.1 Å². The average Bonchev–Trinajstić information content (AvgIpc) is 3.23. The normalized spacial score (nSPS) is 13.7. The van der Waals surface area contributed by atoms with Crippen molar-refractivity contribution >= 4 is 16.9 Å². The maximum atomic E-state index is 12.4. The van der Waals surface area contributed by atoms with Crippen molar-refractivity contribution in [3.05, 3.63) is 58.5 Å². The summed E-state index contributed by atoms with van der Waals surface area (Å²) in [7, 11) is 1.74. The molecule has 4 rings (SSSR count). The van der Waals surface area contributed by atoms with E-state index in [4.69, 9.17) is 9.47 Å². The fourth-order valence-corrected chi connectivity index (χ4v) is 3.37. The van der Waals surface area contributed by atoms with E-state index < -0.39 is 0 Å². The molecule has 1 amide bonds. The zero-order valence-corrected chi connectivity index (χ0v) is 15.3. The number of benzene rings is 2. The molecule has 0 bridgehead atoms. The summed E-state index contributed by atoms with van der Waals surface area (Å²) in [4.78, 5) is 24.8. The third-order valence-corrected chi connectivity index (χ3v) is 4.89. The Hall–Kier alpha value is -3.22. The van der Waals surface area contributed by atoms with Gasteiger partial charge in [0.1, 0.15) is 0 Å². The number of imidazole rings is 1. The van der Waals surface area contributed by atoms with Gasteiger partial charge >= 0.3 is 5.69 Å². The van der Waals surface area contributed by atoms with Gasteiger partial charge in [-0.05, 0) is 36.8 Å². The average molecular weight is 367 g/mol. The number of carbonyl (C=O) groups excluding carboxylic acids is 1. The molecule has 27 heavy (non-hydrogen) atoms. The number of nitrogens with zero attached hydrogens (tertiary/aromatic N) is 2. The third kappa shape index (κ3) is 3.16. The lowest BCUT2D eigenvalue weighted by atomic mass is 10.1. The summed E-state index contributed by atoms with van der Waals surface area (Å²) in [5.74, 6) is 1.29. The number of aryl methyl sites for hydroxylation is 2. The molecule has 0 fully saturated rings. The minimum absolute atomic E-state index is 0.111. The van der Waals surface area contributed by atoms with Gasteiger partial charge in [-0.2, -0.15) is 0 Å². The highest BCUT2D eigenvalue weighted by Crippen LogP contribution is 2.34. The molecule has 1 unspecified atom stereocenters. The number of carbonyl (C=O) groups is 1. The highest BCUT2D eigenvalue weighted by atomic mass is 16.7. The van der Waals surface area contributed by atoms with Crippen LogP contribution >= 0.6 is 0 Å². The van der Waals surface area contributed by atoms with Gasteiger partial charge < -0.3 is 14.8 Å². The molecule has 3 aromatic rings. The predicted molar refractivity (Wildman–Crippen MR) is 101 cm³/mol. The van der Waals surface area contributed by atoms with E-state index in [0.29, 0.717) is 18.0 Å². The summed E-state index contributed by atoms with van der Waals surface area (Å²) >= 11 is 0. The molecule has 7 nitrogen and oxygen atoms in total. The van der Waals surface area contributed by atoms with E-state index in [1.807, 2.05) is 49.4 Å². The SMILES string of the molecule is CC(NC(=O)CCn1c(=O)n(C)c2ccccc21)c1ccc2c(c1)OCO2. The molecule has 0 aliphatic carbocycles. The van der Waals surface area contributed by atoms with Gasteiger partial charge in [0.2, 0.25) is 12.7 Å². The van der Waals surface area contributed by atoms with Crippen molar-refractivity contribution in [2.75, 3.05) is 6.79 Å². The first-order valence-electron chi connectivity index (χ1n) is 8.88. The molecule has 0 saturated carbocycles. The molecule has 1 aliphatic heterocycles. The van der Waals surface area contributed by atoms with E-state index in [9.17, 15) is 9.59 Å². The summed E-state index contributed by atoms with van der Waals surface area (Å²) in [5.41, 5.74) is 2.51. The second kappa shape index (κ2) is 6.83. The Morgan fingerprint density at radius 2 is 1.89 bits per heavy atom. The highest BCUT2D eigenvalue weighted by Gasteiger charge is 2.17. The monoisotopic (exact) mass is 367 g/mol. The maximum Gasteiger partial charge on any atom is 0.328 e. The Balaban J connectivity index is 1.43. The van der Waals surface area contributed by atoms with Crippen molar-refractivity contribution in [2.45, 2.75) is 25.9 Å². The van der Waals surface area contributed by atoms with Crippen LogP contribution in [0.3, 0.4) is 0 Å². The summed E-state index contributed by atoms with van der Waals surface area (Å²) in [6, 6.07) is 13.0. The lowest BCUT2D eigenvalue weighted by Crippen LogP contribution is -2.29. The van der Waals surface area contributed by atoms with Crippen LogP contribution in [-0.2, 0) is 18.4 Å². The molecule has 1 N–H and O–H groups in total. The number of ether oxygens (including phenoxy) is 2. The van der Waals surface area contributed by atoms with Crippen LogP contribution in [0, 0.1) is 0 Å². The molecule has 2 heterocycles. The Morgan fingerprint density at radius 1 is 1.15 bits per heavy atom. The van der Waals surface area contributed by atoms with Gasteiger partial charge in [-0.1, -0.05) is 18.2 Å². The summed E-state index contributed by atoms with van der Waals surface area (Å²) in [6.07, 6.45) is 0.225. The minimum atomic E-state index is -0.170. The molecule has 140 valence electrons. The van der Waals surface area contributed by atoms with Crippen LogP contribution in [0.5, 0.6) is 11.5 Å². The van der Waals surface area contributed by atoms with E-state index in [-0.39, 0.29) is 30.9 Å². The van der Waals surface area contributed by atoms with Crippen LogP contribution in [0.2, 0.25) is 0 Å². The first-order valence-corrected chi connectivity index (χ1v) is 8.88. The second-order valence-corrected chi connectivity index (χ2v) is 6.63. The van der Waals surface area contributed by atoms with Crippen LogP contribution < -0.4 is 20.5 Å². The number of para-hydroxylation sites is 2. The largest absolute Gasteiger partial charge is 0.454 e. The summed E-state index contributed by atoms with van der Waals surface area (Å²) in [6.45, 7) is 2.47. The molecule has 7 heteroatoms. The molecular formula is C20H21N3O4. The minimum Gasteiger partial charge on any atom is -0.454 e. The van der Waals surface area contributed by atoms with Gasteiger partial charge in [0, 0.05) is 20.0 Å². The quantitative estimate of drug-likeness (QED) is 0.751. The van der Waals surface area contributed by atoms with Crippen molar-refractivity contribution in [3.8, 4) is 11.5 Å². The van der Waals surface area contributed by atoms with Crippen LogP contribution in [0.25, 0.3) is 11.0 Å². The van der Waals surface area contributed by atoms with E-state index in [2.05, 4.69) is 5.32 Å². The van der Waals surface area contributed by atoms with E-state index in [1.165, 1.54) is 0 Å². The van der Waals surface area contributed by atoms with E-state index in [1.54, 1.807) is 16.2 Å². The molecule has 0 saturated heterocycles. The molecule has 1 aliphatic rings. The lowest BCUT2D eigenvalue weighted by Gasteiger charge is -2.15. The van der Waals surface area contributed by atoms with Crippen LogP contribution in [0.1, 0.15) is 24.9 Å². The predicted octanol–water partition coefficient (Wildman–Crippen LogP) is 2.34. The standard InChI is InChI=1S/C20H21N3O4/c1-13(14-7-8-17-18(11-14)27-12-26-17)21-19(24)9-10-23-16-6-4-3-5-15(16)22(2)20(23)25/h3-8,11,13H,9-10,12H2,1-2H3,(H,21,24). The number of hydrogen-bond donors (Lipinski definition) is 1. The Kier molecular flexibility index (Phi) is 4.35. The van der Waals surface area contributed by atoms with Crippen LogP contribution in [-0.4, -0.2) is 21.8 Å². The number of rotatable bonds is 5. The first kappa shape index (κ1) is 17.2. The van der Waals surface area contributed by atoms with Gasteiger partial charge in [-0.25, -0.2) is 4.79 Å². The van der Waals surface area contributed by atoms with Gasteiger partial charge in [-0.3, -0.25) is 13.9 Å². The maximum absolute atomic E-state index is 12.4. The van der Waals surface area contributed by atoms with Gasteiger partial charge in [-0.15, -0.1) is 0 Å². The van der Waals surface area contributed by atoms with Crippen molar-refractivity contribution in [1.29, 1.82) is 0 Å². The third-order valence-electron chi connectivity index (χ3n) is 4.89. The number of nitrogens with one attached hydrogen (secondary N) is 1. The number of aromatic nitrogens is 2. The van der Waals surface area contributed by atoms with Gasteiger partial charge in [0.25, 0.3) is 0 Å². The van der Waals surface area contributed by atoms with E-state index >= 15 is 0 Å². The summed E-state index contributed by atoms with van der Waals surface area (Å²) < 4.78 is 13.9. The molecule has 2 aromatic carbocycles. The van der Waals surface area contributed by atoms with Crippen molar-refractivity contribution < 1.29 is 14.3 Å². The fraction of sp³-hybridized carbons (Fsp3) is 0.300. The van der Waals surface area contributed by atoms with Crippen molar-refractivity contribution in [1.82, 2.24) is 14.5 Å². The van der Waals surface area contributed by atoms with E-state index in [0.717, 1.165) is 16.6 Å². The molecule has 1 aromatic heterocycles. The fourth-order valence-electron chi connectivity index (χ4n) is 3.37. The van der Waals surface area contributed by atoms with Gasteiger partial charge in [0.15, 0.2) is 11.5 Å². The molecule has 1 atom stereocenters. The zero-order valence-electron chi connectivity index (χ0n) is 15.3. The number of fused-ring (bicyclic) bond motifs is 2. The van der Waals surface area contributed by atoms with Crippen LogP contribution in [0.15, 0.2) is 47.3 Å². The Bertz CT molecular complexity index is 1070. The van der Waals surface area contributed by atoms with Crippen molar-refractivity contribution in [3.63, 3.8) is 0 Å². The van der Waals surface area contributed by atoms with Crippen molar-refractivity contribution in [2.24, 2.45) is 7.05 Å². The molecular weight excluding hydrogens is 346 g/mol. The first-order chi connectivity index (χ1) is 13.0. The Labute approximate surface area is 156 Å². The number of hydrogen-bond acceptors (Lipinski definition) is 4. The number of amides is 1. The second-order valence-electron chi connectivity index (χ2n) is 6.63. The molecule has 0 spiro atoms. The van der Waals surface area contributed by atoms with Crippen LogP contribution in [0.4, 0.5) is 0 Å². The zero-order chi connectivity index (χ0) is 19.0. The smallest absolute Gasteiger partial charge is 0.328 e.